The second kappa shape index (κ2) is 6.21. The lowest BCUT2D eigenvalue weighted by Crippen LogP contribution is -2.48. The number of hydrogen-bond acceptors (Lipinski definition) is 3. The molecule has 1 aliphatic carbocycles. The zero-order valence-electron chi connectivity index (χ0n) is 12.6. The molecule has 118 valence electrons. The summed E-state index contributed by atoms with van der Waals surface area (Å²) in [5, 5.41) is 19.0. The number of aromatic nitrogens is 2. The molecule has 0 saturated heterocycles. The molecule has 1 aromatic carbocycles. The van der Waals surface area contributed by atoms with Crippen LogP contribution in [0.25, 0.3) is 11.3 Å². The van der Waals surface area contributed by atoms with E-state index in [1.165, 1.54) is 12.1 Å². The van der Waals surface area contributed by atoms with Crippen molar-refractivity contribution in [3.63, 3.8) is 0 Å². The van der Waals surface area contributed by atoms with Crippen molar-refractivity contribution < 1.29 is 9.18 Å². The summed E-state index contributed by atoms with van der Waals surface area (Å²) in [5.74, 6) is -0.662. The summed E-state index contributed by atoms with van der Waals surface area (Å²) >= 11 is 0. The Kier molecular flexibility index (Phi) is 4.11. The number of halogens is 1. The Hall–Kier alpha value is -2.68. The Labute approximate surface area is 133 Å². The van der Waals surface area contributed by atoms with E-state index in [-0.39, 0.29) is 11.7 Å². The SMILES string of the molecule is N#CC1(NC(=O)c2cc(-c3ccc(F)cc3)n[nH]2)CCCCC1. The molecule has 1 aliphatic rings. The molecule has 2 aromatic rings. The molecule has 23 heavy (non-hydrogen) atoms. The van der Waals surface area contributed by atoms with Gasteiger partial charge in [0.25, 0.3) is 5.91 Å². The van der Waals surface area contributed by atoms with Gasteiger partial charge in [-0.3, -0.25) is 9.89 Å². The van der Waals surface area contributed by atoms with Crippen molar-refractivity contribution in [3.05, 3.63) is 41.8 Å². The average molecular weight is 312 g/mol. The normalized spacial score (nSPS) is 16.5. The van der Waals surface area contributed by atoms with Crippen LogP contribution in [0.4, 0.5) is 4.39 Å². The summed E-state index contributed by atoms with van der Waals surface area (Å²) in [5.41, 5.74) is 0.792. The number of carbonyl (C=O) groups is 1. The first-order valence-corrected chi connectivity index (χ1v) is 7.67. The molecule has 0 radical (unpaired) electrons. The van der Waals surface area contributed by atoms with Gasteiger partial charge in [0.15, 0.2) is 0 Å². The van der Waals surface area contributed by atoms with Gasteiger partial charge in [0.05, 0.1) is 11.8 Å². The zero-order chi connectivity index (χ0) is 16.3. The van der Waals surface area contributed by atoms with E-state index in [9.17, 15) is 14.4 Å². The highest BCUT2D eigenvalue weighted by molar-refractivity contribution is 5.94. The molecule has 0 spiro atoms. The van der Waals surface area contributed by atoms with Gasteiger partial charge in [-0.2, -0.15) is 10.4 Å². The minimum Gasteiger partial charge on any atom is -0.332 e. The number of amides is 1. The predicted molar refractivity (Wildman–Crippen MR) is 82.9 cm³/mol. The number of rotatable bonds is 3. The van der Waals surface area contributed by atoms with Crippen LogP contribution in [0.3, 0.4) is 0 Å². The van der Waals surface area contributed by atoms with E-state index in [1.807, 2.05) is 0 Å². The Morgan fingerprint density at radius 3 is 2.61 bits per heavy atom. The Balaban J connectivity index is 1.76. The van der Waals surface area contributed by atoms with Gasteiger partial charge in [-0.15, -0.1) is 0 Å². The van der Waals surface area contributed by atoms with Crippen molar-refractivity contribution >= 4 is 5.91 Å². The van der Waals surface area contributed by atoms with Crippen molar-refractivity contribution in [1.29, 1.82) is 5.26 Å². The highest BCUT2D eigenvalue weighted by Gasteiger charge is 2.34. The zero-order valence-corrected chi connectivity index (χ0v) is 12.6. The second-order valence-electron chi connectivity index (χ2n) is 5.88. The van der Waals surface area contributed by atoms with Crippen LogP contribution in [0.15, 0.2) is 30.3 Å². The number of carbonyl (C=O) groups excluding carboxylic acids is 1. The molecule has 1 aromatic heterocycles. The van der Waals surface area contributed by atoms with Crippen LogP contribution in [0.5, 0.6) is 0 Å². The van der Waals surface area contributed by atoms with E-state index in [2.05, 4.69) is 21.6 Å². The summed E-state index contributed by atoms with van der Waals surface area (Å²) in [6.45, 7) is 0. The molecule has 3 rings (SSSR count). The molecule has 1 amide bonds. The maximum Gasteiger partial charge on any atom is 0.270 e. The molecule has 0 unspecified atom stereocenters. The maximum absolute atomic E-state index is 13.0. The first-order chi connectivity index (χ1) is 11.1. The second-order valence-corrected chi connectivity index (χ2v) is 5.88. The van der Waals surface area contributed by atoms with Crippen LogP contribution in [0.2, 0.25) is 0 Å². The molecule has 0 bridgehead atoms. The number of H-pyrrole nitrogens is 1. The summed E-state index contributed by atoms with van der Waals surface area (Å²) in [4.78, 5) is 12.4. The number of hydrogen-bond donors (Lipinski definition) is 2. The molecule has 2 N–H and O–H groups in total. The molecule has 0 aliphatic heterocycles. The van der Waals surface area contributed by atoms with E-state index < -0.39 is 5.54 Å². The summed E-state index contributed by atoms with van der Waals surface area (Å²) in [6, 6.07) is 9.75. The third kappa shape index (κ3) is 3.24. The summed E-state index contributed by atoms with van der Waals surface area (Å²) in [7, 11) is 0. The predicted octanol–water partition coefficient (Wildman–Crippen LogP) is 3.17. The lowest BCUT2D eigenvalue weighted by molar-refractivity contribution is 0.0897. The fourth-order valence-electron chi connectivity index (χ4n) is 2.91. The van der Waals surface area contributed by atoms with Gasteiger partial charge in [0, 0.05) is 5.56 Å². The summed E-state index contributed by atoms with van der Waals surface area (Å²) < 4.78 is 13.0. The third-order valence-corrected chi connectivity index (χ3v) is 4.24. The molecule has 1 heterocycles. The highest BCUT2D eigenvalue weighted by atomic mass is 19.1. The van der Waals surface area contributed by atoms with Gasteiger partial charge in [-0.05, 0) is 43.2 Å². The van der Waals surface area contributed by atoms with Gasteiger partial charge in [0.1, 0.15) is 17.1 Å². The third-order valence-electron chi connectivity index (χ3n) is 4.24. The number of aromatic amines is 1. The van der Waals surface area contributed by atoms with E-state index in [0.29, 0.717) is 24.2 Å². The Bertz CT molecular complexity index is 739. The minimum atomic E-state index is -0.781. The standard InChI is InChI=1S/C17H17FN4O/c18-13-6-4-12(5-7-13)14-10-15(22-21-14)16(23)20-17(11-19)8-2-1-3-9-17/h4-7,10H,1-3,8-9H2,(H,20,23)(H,21,22). The molecule has 1 fully saturated rings. The largest absolute Gasteiger partial charge is 0.332 e. The average Bonchev–Trinajstić information content (AvgIpc) is 3.06. The van der Waals surface area contributed by atoms with Crippen molar-refractivity contribution in [2.45, 2.75) is 37.6 Å². The van der Waals surface area contributed by atoms with Crippen LogP contribution in [0.1, 0.15) is 42.6 Å². The van der Waals surface area contributed by atoms with E-state index >= 15 is 0 Å². The van der Waals surface area contributed by atoms with Crippen molar-refractivity contribution in [2.75, 3.05) is 0 Å². The van der Waals surface area contributed by atoms with Gasteiger partial charge < -0.3 is 5.32 Å². The smallest absolute Gasteiger partial charge is 0.270 e. The number of nitrogens with one attached hydrogen (secondary N) is 2. The van der Waals surface area contributed by atoms with Gasteiger partial charge in [-0.25, -0.2) is 4.39 Å². The quantitative estimate of drug-likeness (QED) is 0.913. The molecular weight excluding hydrogens is 295 g/mol. The van der Waals surface area contributed by atoms with Crippen LogP contribution in [-0.4, -0.2) is 21.6 Å². The van der Waals surface area contributed by atoms with Crippen molar-refractivity contribution in [3.8, 4) is 17.3 Å². The fraction of sp³-hybridized carbons (Fsp3) is 0.353. The lowest BCUT2D eigenvalue weighted by atomic mass is 9.83. The van der Waals surface area contributed by atoms with Crippen LogP contribution in [0, 0.1) is 17.1 Å². The van der Waals surface area contributed by atoms with Gasteiger partial charge >= 0.3 is 0 Å². The van der Waals surface area contributed by atoms with Crippen molar-refractivity contribution in [1.82, 2.24) is 15.5 Å². The van der Waals surface area contributed by atoms with Gasteiger partial charge in [-0.1, -0.05) is 19.3 Å². The molecule has 1 saturated carbocycles. The number of benzene rings is 1. The lowest BCUT2D eigenvalue weighted by Gasteiger charge is -2.31. The summed E-state index contributed by atoms with van der Waals surface area (Å²) in [6.07, 6.45) is 4.33. The minimum absolute atomic E-state index is 0.296. The molecule has 5 nitrogen and oxygen atoms in total. The number of nitriles is 1. The Morgan fingerprint density at radius 2 is 1.96 bits per heavy atom. The van der Waals surface area contributed by atoms with E-state index in [0.717, 1.165) is 24.8 Å². The first kappa shape index (κ1) is 15.2. The van der Waals surface area contributed by atoms with E-state index in [4.69, 9.17) is 0 Å². The van der Waals surface area contributed by atoms with Crippen LogP contribution < -0.4 is 5.32 Å². The maximum atomic E-state index is 13.0. The van der Waals surface area contributed by atoms with Gasteiger partial charge in [0.2, 0.25) is 0 Å². The Morgan fingerprint density at radius 1 is 1.26 bits per heavy atom. The van der Waals surface area contributed by atoms with Crippen LogP contribution in [-0.2, 0) is 0 Å². The molecular formula is C17H17FN4O. The fourth-order valence-corrected chi connectivity index (χ4v) is 2.91. The molecule has 6 heteroatoms. The van der Waals surface area contributed by atoms with Crippen LogP contribution >= 0.6 is 0 Å². The molecule has 0 atom stereocenters. The topological polar surface area (TPSA) is 81.6 Å². The first-order valence-electron chi connectivity index (χ1n) is 7.67. The highest BCUT2D eigenvalue weighted by Crippen LogP contribution is 2.28. The van der Waals surface area contributed by atoms with E-state index in [1.54, 1.807) is 18.2 Å². The van der Waals surface area contributed by atoms with Crippen molar-refractivity contribution in [2.24, 2.45) is 0 Å². The number of nitrogens with zero attached hydrogens (tertiary/aromatic N) is 2. The monoisotopic (exact) mass is 312 g/mol.